The van der Waals surface area contributed by atoms with Crippen molar-refractivity contribution in [3.63, 3.8) is 0 Å². The van der Waals surface area contributed by atoms with Gasteiger partial charge in [0.25, 0.3) is 0 Å². The third-order valence-electron chi connectivity index (χ3n) is 17.7. The van der Waals surface area contributed by atoms with Crippen LogP contribution in [0.25, 0.3) is 0 Å². The standard InChI is InChI=1S/C78H172N14O13/c79-27-1-53-93-61-9-35-87(36-10-62-94-54-2-28-80)43-17-69-101-73-21-47-91(48-22-74-102-70-18-44-88(37-11-63-95-55-3-29-81)38-12-64-96-56-4-30-82)51-25-77-105-78-26-52-92(49-23-75-103-71-19-45-89(39-13-65-97-57-5-31-83)40-14-66-98-58-6-32-84)50-24-76-104-72-20-46-90(41-15-67-99-59-7-33-85)42-16-68-100-60-8-34-86/h1-86H2. The van der Waals surface area contributed by atoms with Crippen LogP contribution in [0.5, 0.6) is 0 Å². The summed E-state index contributed by atoms with van der Waals surface area (Å²) >= 11 is 0. The van der Waals surface area contributed by atoms with Crippen molar-refractivity contribution in [1.82, 2.24) is 29.4 Å². The average molecular weight is 1510 g/mol. The minimum Gasteiger partial charge on any atom is -0.381 e. The van der Waals surface area contributed by atoms with Gasteiger partial charge in [-0.3, -0.25) is 0 Å². The molecule has 0 fully saturated rings. The van der Waals surface area contributed by atoms with Crippen molar-refractivity contribution >= 4 is 0 Å². The summed E-state index contributed by atoms with van der Waals surface area (Å²) in [7, 11) is 0. The lowest BCUT2D eigenvalue weighted by Gasteiger charge is -2.24. The molecule has 0 aromatic heterocycles. The van der Waals surface area contributed by atoms with Crippen molar-refractivity contribution < 1.29 is 61.6 Å². The summed E-state index contributed by atoms with van der Waals surface area (Å²) in [6, 6.07) is 0. The van der Waals surface area contributed by atoms with Crippen molar-refractivity contribution in [2.75, 3.05) is 342 Å². The number of nitrogens with zero attached hydrogens (tertiary/aromatic N) is 6. The van der Waals surface area contributed by atoms with Crippen molar-refractivity contribution in [2.24, 2.45) is 45.9 Å². The fourth-order valence-corrected chi connectivity index (χ4v) is 11.8. The van der Waals surface area contributed by atoms with Crippen LogP contribution in [-0.4, -0.2) is 371 Å². The molecule has 0 bridgehead atoms. The molecular weight excluding hydrogens is 1340 g/mol. The van der Waals surface area contributed by atoms with Gasteiger partial charge in [0.1, 0.15) is 0 Å². The summed E-state index contributed by atoms with van der Waals surface area (Å²) in [5, 5.41) is 0. The maximum Gasteiger partial charge on any atom is 0.0478 e. The van der Waals surface area contributed by atoms with E-state index in [2.05, 4.69) is 29.4 Å². The van der Waals surface area contributed by atoms with Gasteiger partial charge in [-0.15, -0.1) is 0 Å². The first kappa shape index (κ1) is 104. The molecular formula is C78H172N14O13. The zero-order valence-electron chi connectivity index (χ0n) is 67.8. The average Bonchev–Trinajstić information content (AvgIpc) is 3.80. The summed E-state index contributed by atoms with van der Waals surface area (Å²) in [5.41, 5.74) is 45.4. The number of hydrogen-bond acceptors (Lipinski definition) is 27. The summed E-state index contributed by atoms with van der Waals surface area (Å²) in [4.78, 5) is 15.3. The van der Waals surface area contributed by atoms with Gasteiger partial charge in [0.15, 0.2) is 0 Å². The molecule has 27 heteroatoms. The molecule has 632 valence electrons. The Labute approximate surface area is 643 Å². The molecule has 0 aliphatic carbocycles. The fourth-order valence-electron chi connectivity index (χ4n) is 11.8. The van der Waals surface area contributed by atoms with Crippen LogP contribution < -0.4 is 45.9 Å². The zero-order chi connectivity index (χ0) is 75.8. The molecule has 0 saturated heterocycles. The Morgan fingerprint density at radius 3 is 0.238 bits per heavy atom. The molecule has 0 amide bonds. The lowest BCUT2D eigenvalue weighted by Crippen LogP contribution is -2.31. The van der Waals surface area contributed by atoms with E-state index in [0.29, 0.717) is 52.4 Å². The van der Waals surface area contributed by atoms with Gasteiger partial charge in [-0.25, -0.2) is 0 Å². The maximum atomic E-state index is 6.40. The molecule has 27 nitrogen and oxygen atoms in total. The van der Waals surface area contributed by atoms with E-state index in [1.165, 1.54) is 0 Å². The molecule has 0 aliphatic heterocycles. The first-order valence-corrected chi connectivity index (χ1v) is 42.5. The highest BCUT2D eigenvalue weighted by atomic mass is 16.5. The van der Waals surface area contributed by atoms with Crippen LogP contribution in [0.2, 0.25) is 0 Å². The van der Waals surface area contributed by atoms with Crippen molar-refractivity contribution in [3.8, 4) is 0 Å². The van der Waals surface area contributed by atoms with Crippen LogP contribution in [0.3, 0.4) is 0 Å². The SMILES string of the molecule is NCCCOCCCN(CCCOCCCN)CCCOCCCN(CCCOCCCN(CCCOCCCN)CCCOCCCN)CCCOCCCN(CCCOCCCN(CCCOCCCN)CCCOCCCN)CCCOCCCN(CCCOCCCN)CCCOCCCN. The topological polar surface area (TPSA) is 348 Å². The molecule has 0 heterocycles. The molecule has 0 atom stereocenters. The Bertz CT molecular complexity index is 1320. The first-order chi connectivity index (χ1) is 52.0. The Morgan fingerprint density at radius 2 is 0.171 bits per heavy atom. The first-order valence-electron chi connectivity index (χ1n) is 42.5. The Kier molecular flexibility index (Phi) is 90.8. The van der Waals surface area contributed by atoms with Gasteiger partial charge in [0.05, 0.1) is 0 Å². The number of rotatable bonds is 96. The number of nitrogens with two attached hydrogens (primary N) is 8. The summed E-state index contributed by atoms with van der Waals surface area (Å²) in [5.74, 6) is 0. The molecule has 0 aromatic carbocycles. The highest BCUT2D eigenvalue weighted by Gasteiger charge is 2.13. The molecule has 0 rings (SSSR count). The summed E-state index contributed by atoms with van der Waals surface area (Å²) < 4.78 is 78.1. The van der Waals surface area contributed by atoms with Gasteiger partial charge in [-0.05, 0) is 219 Å². The quantitative estimate of drug-likeness (QED) is 0.0378. The van der Waals surface area contributed by atoms with Gasteiger partial charge >= 0.3 is 0 Å². The fraction of sp³-hybridized carbons (Fsp3) is 1.00. The van der Waals surface area contributed by atoms with Gasteiger partial charge in [-0.1, -0.05) is 0 Å². The number of ether oxygens (including phenoxy) is 13. The Morgan fingerprint density at radius 1 is 0.105 bits per heavy atom. The predicted octanol–water partition coefficient (Wildman–Crippen LogP) is 4.83. The van der Waals surface area contributed by atoms with Crippen molar-refractivity contribution in [1.29, 1.82) is 0 Å². The van der Waals surface area contributed by atoms with E-state index in [1.54, 1.807) is 0 Å². The second-order valence-electron chi connectivity index (χ2n) is 27.5. The van der Waals surface area contributed by atoms with Gasteiger partial charge in [0.2, 0.25) is 0 Å². The third-order valence-corrected chi connectivity index (χ3v) is 17.7. The van der Waals surface area contributed by atoms with E-state index in [9.17, 15) is 0 Å². The van der Waals surface area contributed by atoms with Crippen LogP contribution in [-0.2, 0) is 61.6 Å². The van der Waals surface area contributed by atoms with Crippen LogP contribution in [0.4, 0.5) is 0 Å². The van der Waals surface area contributed by atoms with Crippen LogP contribution >= 0.6 is 0 Å². The lowest BCUT2D eigenvalue weighted by atomic mass is 10.3. The number of hydrogen-bond donors (Lipinski definition) is 8. The van der Waals surface area contributed by atoms with E-state index < -0.39 is 0 Å². The molecule has 0 saturated carbocycles. The molecule has 0 aromatic rings. The van der Waals surface area contributed by atoms with Crippen molar-refractivity contribution in [2.45, 2.75) is 167 Å². The normalized spacial score (nSPS) is 12.2. The van der Waals surface area contributed by atoms with Gasteiger partial charge in [0, 0.05) is 290 Å². The highest BCUT2D eigenvalue weighted by Crippen LogP contribution is 2.08. The van der Waals surface area contributed by atoms with Gasteiger partial charge < -0.3 is 137 Å². The second kappa shape index (κ2) is 91.8. The lowest BCUT2D eigenvalue weighted by molar-refractivity contribution is 0.0808. The van der Waals surface area contributed by atoms with E-state index in [0.717, 1.165) is 457 Å². The monoisotopic (exact) mass is 1510 g/mol. The van der Waals surface area contributed by atoms with E-state index >= 15 is 0 Å². The van der Waals surface area contributed by atoms with Gasteiger partial charge in [-0.2, -0.15) is 0 Å². The largest absolute Gasteiger partial charge is 0.381 e. The van der Waals surface area contributed by atoms with E-state index in [1.807, 2.05) is 0 Å². The Balaban J connectivity index is 5.69. The molecule has 0 spiro atoms. The summed E-state index contributed by atoms with van der Waals surface area (Å²) in [6.07, 6.45) is 25.1. The predicted molar refractivity (Wildman–Crippen MR) is 432 cm³/mol. The molecule has 105 heavy (non-hydrogen) atoms. The maximum absolute atomic E-state index is 6.40. The van der Waals surface area contributed by atoms with E-state index in [4.69, 9.17) is 107 Å². The van der Waals surface area contributed by atoms with Crippen LogP contribution in [0.1, 0.15) is 167 Å². The van der Waals surface area contributed by atoms with Crippen LogP contribution in [0.15, 0.2) is 0 Å². The second-order valence-corrected chi connectivity index (χ2v) is 27.5. The molecule has 16 N–H and O–H groups in total. The molecule has 0 aliphatic rings. The molecule has 0 unspecified atom stereocenters. The smallest absolute Gasteiger partial charge is 0.0478 e. The summed E-state index contributed by atoms with van der Waals surface area (Å²) in [6.45, 7) is 42.6. The molecule has 0 radical (unpaired) electrons. The van der Waals surface area contributed by atoms with Crippen LogP contribution in [0, 0.1) is 0 Å². The Hall–Kier alpha value is -1.08. The third kappa shape index (κ3) is 82.2. The zero-order valence-corrected chi connectivity index (χ0v) is 67.8. The highest BCUT2D eigenvalue weighted by molar-refractivity contribution is 4.66. The van der Waals surface area contributed by atoms with Crippen molar-refractivity contribution in [3.05, 3.63) is 0 Å². The minimum absolute atomic E-state index is 0.662. The van der Waals surface area contributed by atoms with E-state index in [-0.39, 0.29) is 0 Å². The minimum atomic E-state index is 0.662.